The first-order valence-electron chi connectivity index (χ1n) is 13.8. The van der Waals surface area contributed by atoms with Crippen LogP contribution in [0.1, 0.15) is 37.5 Å². The second-order valence-electron chi connectivity index (χ2n) is 10.3. The smallest absolute Gasteiger partial charge is 0.220 e. The molecule has 5 rings (SSSR count). The highest BCUT2D eigenvalue weighted by Gasteiger charge is 2.36. The van der Waals surface area contributed by atoms with E-state index in [1.54, 1.807) is 11.7 Å². The summed E-state index contributed by atoms with van der Waals surface area (Å²) < 4.78 is 19.2. The van der Waals surface area contributed by atoms with E-state index in [1.165, 1.54) is 0 Å². The lowest BCUT2D eigenvalue weighted by molar-refractivity contribution is -0.127. The molecule has 0 unspecified atom stereocenters. The summed E-state index contributed by atoms with van der Waals surface area (Å²) in [4.78, 5) is 31.2. The number of ketones is 1. The van der Waals surface area contributed by atoms with Gasteiger partial charge in [0.05, 0.1) is 37.5 Å². The number of imidazole rings is 1. The molecule has 2 aliphatic heterocycles. The summed E-state index contributed by atoms with van der Waals surface area (Å²) >= 11 is 0. The van der Waals surface area contributed by atoms with Crippen LogP contribution in [0.4, 0.5) is 5.95 Å². The summed E-state index contributed by atoms with van der Waals surface area (Å²) in [6.07, 6.45) is 1.28. The van der Waals surface area contributed by atoms with Crippen LogP contribution >= 0.6 is 0 Å². The number of likely N-dealkylation sites (tertiary alicyclic amines) is 1. The van der Waals surface area contributed by atoms with E-state index in [2.05, 4.69) is 10.2 Å². The van der Waals surface area contributed by atoms with Gasteiger partial charge in [0.25, 0.3) is 0 Å². The van der Waals surface area contributed by atoms with Crippen molar-refractivity contribution >= 4 is 28.7 Å². The lowest BCUT2D eigenvalue weighted by atomic mass is 9.96. The van der Waals surface area contributed by atoms with Crippen LogP contribution in [-0.2, 0) is 20.9 Å². The number of hydrogen-bond donors (Lipinski definition) is 3. The maximum atomic E-state index is 12.7. The van der Waals surface area contributed by atoms with Crippen molar-refractivity contribution in [3.8, 4) is 11.5 Å². The number of Topliss-reactive ketones (excluding diaryl/α,β-unsaturated/α-hetero) is 1. The molecule has 0 saturated carbocycles. The second kappa shape index (κ2) is 12.7. The van der Waals surface area contributed by atoms with E-state index in [0.29, 0.717) is 30.6 Å². The molecule has 3 heterocycles. The maximum Gasteiger partial charge on any atom is 0.220 e. The van der Waals surface area contributed by atoms with Crippen molar-refractivity contribution in [2.75, 3.05) is 45.3 Å². The number of piperidine rings is 1. The van der Waals surface area contributed by atoms with E-state index in [9.17, 15) is 14.7 Å². The lowest BCUT2D eigenvalue weighted by Crippen LogP contribution is -2.39. The quantitative estimate of drug-likeness (QED) is 0.290. The number of aliphatic hydroxyl groups excluding tert-OH is 1. The first kappa shape index (κ1) is 27.9. The van der Waals surface area contributed by atoms with Gasteiger partial charge in [-0.1, -0.05) is 18.2 Å². The third-order valence-electron chi connectivity index (χ3n) is 7.60. The molecule has 1 amide bonds. The largest absolute Gasteiger partial charge is 0.493 e. The Bertz CT molecular complexity index is 1340. The summed E-state index contributed by atoms with van der Waals surface area (Å²) in [5, 5.41) is 12.9. The molecule has 2 aliphatic rings. The van der Waals surface area contributed by atoms with Gasteiger partial charge in [0.15, 0.2) is 23.5 Å². The van der Waals surface area contributed by atoms with Gasteiger partial charge in [-0.05, 0) is 62.2 Å². The van der Waals surface area contributed by atoms with Crippen LogP contribution < -0.4 is 20.5 Å². The molecular formula is C29H37N5O6. The predicted molar refractivity (Wildman–Crippen MR) is 149 cm³/mol. The van der Waals surface area contributed by atoms with Crippen LogP contribution in [0.5, 0.6) is 11.5 Å². The summed E-state index contributed by atoms with van der Waals surface area (Å²) in [5.41, 5.74) is 7.91. The molecule has 40 heavy (non-hydrogen) atoms. The number of primary amides is 1. The van der Waals surface area contributed by atoms with Crippen LogP contribution in [0.2, 0.25) is 0 Å². The average molecular weight is 552 g/mol. The van der Waals surface area contributed by atoms with Crippen molar-refractivity contribution in [1.29, 1.82) is 0 Å². The minimum Gasteiger partial charge on any atom is -0.493 e. The molecule has 11 heteroatoms. The van der Waals surface area contributed by atoms with Crippen LogP contribution in [0, 0.1) is 5.92 Å². The number of nitrogens with one attached hydrogen (secondary N) is 1. The number of aromatic nitrogens is 2. The third kappa shape index (κ3) is 6.22. The van der Waals surface area contributed by atoms with Crippen molar-refractivity contribution in [1.82, 2.24) is 14.5 Å². The number of hydrogen-bond acceptors (Lipinski definition) is 9. The predicted octanol–water partition coefficient (Wildman–Crippen LogP) is 2.47. The molecule has 2 saturated heterocycles. The van der Waals surface area contributed by atoms with Crippen LogP contribution in [0.3, 0.4) is 0 Å². The van der Waals surface area contributed by atoms with Gasteiger partial charge in [0.1, 0.15) is 0 Å². The van der Waals surface area contributed by atoms with E-state index in [4.69, 9.17) is 24.9 Å². The number of rotatable bonds is 12. The zero-order valence-corrected chi connectivity index (χ0v) is 22.8. The minimum atomic E-state index is -0.844. The van der Waals surface area contributed by atoms with Gasteiger partial charge < -0.3 is 35.3 Å². The third-order valence-corrected chi connectivity index (χ3v) is 7.60. The summed E-state index contributed by atoms with van der Waals surface area (Å²) in [7, 11) is 1.61. The second-order valence-corrected chi connectivity index (χ2v) is 10.3. The van der Waals surface area contributed by atoms with Gasteiger partial charge in [0.2, 0.25) is 11.9 Å². The molecule has 0 aliphatic carbocycles. The number of benzene rings is 2. The molecule has 2 aromatic carbocycles. The fourth-order valence-electron chi connectivity index (χ4n) is 5.39. The standard InChI is InChI=1S/C29H37N5O6/c1-38-25-8-7-19(15-26(25)39-14-4-11-33-12-9-20(10-13-33)27(30)37)17-31-29-32-22-5-2-3-6-23(22)34(29)28-24(36)16-21(18-35)40-28/h2-3,5-8,15,20-21,28,35H,4,9-14,16-18H2,1H3,(H2,30,37)(H,31,32)/t21-,28+/m0/s1. The minimum absolute atomic E-state index is 0.00631. The van der Waals surface area contributed by atoms with Crippen molar-refractivity contribution in [3.05, 3.63) is 48.0 Å². The molecule has 11 nitrogen and oxygen atoms in total. The number of nitrogens with two attached hydrogens (primary N) is 1. The van der Waals surface area contributed by atoms with Crippen LogP contribution in [-0.4, -0.2) is 77.3 Å². The molecular weight excluding hydrogens is 514 g/mol. The van der Waals surface area contributed by atoms with Gasteiger partial charge >= 0.3 is 0 Å². The van der Waals surface area contributed by atoms with Gasteiger partial charge in [-0.15, -0.1) is 0 Å². The van der Waals surface area contributed by atoms with Crippen molar-refractivity contribution in [2.45, 2.75) is 44.6 Å². The molecule has 2 fully saturated rings. The van der Waals surface area contributed by atoms with Crippen LogP contribution in [0.15, 0.2) is 42.5 Å². The number of carbonyl (C=O) groups is 2. The molecule has 4 N–H and O–H groups in total. The lowest BCUT2D eigenvalue weighted by Gasteiger charge is -2.30. The van der Waals surface area contributed by atoms with Gasteiger partial charge in [-0.3, -0.25) is 14.2 Å². The number of nitrogens with zero attached hydrogens (tertiary/aromatic N) is 3. The normalized spacial score (nSPS) is 20.2. The van der Waals surface area contributed by atoms with E-state index < -0.39 is 12.3 Å². The Hall–Kier alpha value is -3.67. The van der Waals surface area contributed by atoms with E-state index >= 15 is 0 Å². The molecule has 3 aromatic rings. The molecule has 0 radical (unpaired) electrons. The number of fused-ring (bicyclic) bond motifs is 1. The highest BCUT2D eigenvalue weighted by atomic mass is 16.5. The zero-order chi connectivity index (χ0) is 28.1. The number of methoxy groups -OCH3 is 1. The van der Waals surface area contributed by atoms with Gasteiger partial charge in [-0.2, -0.15) is 0 Å². The Morgan fingerprint density at radius 1 is 1.20 bits per heavy atom. The first-order chi connectivity index (χ1) is 19.5. The van der Waals surface area contributed by atoms with Crippen LogP contribution in [0.25, 0.3) is 11.0 Å². The van der Waals surface area contributed by atoms with E-state index in [-0.39, 0.29) is 30.6 Å². The highest BCUT2D eigenvalue weighted by Crippen LogP contribution is 2.33. The Labute approximate surface area is 233 Å². The van der Waals surface area contributed by atoms with Crippen molar-refractivity contribution in [2.24, 2.45) is 11.7 Å². The molecule has 0 bridgehead atoms. The molecule has 2 atom stereocenters. The number of para-hydroxylation sites is 2. The molecule has 1 aromatic heterocycles. The highest BCUT2D eigenvalue weighted by molar-refractivity contribution is 5.87. The Kier molecular flexibility index (Phi) is 8.83. The zero-order valence-electron chi connectivity index (χ0n) is 22.8. The van der Waals surface area contributed by atoms with Crippen molar-refractivity contribution in [3.63, 3.8) is 0 Å². The first-order valence-corrected chi connectivity index (χ1v) is 13.8. The Morgan fingerprint density at radius 2 is 2.00 bits per heavy atom. The number of amides is 1. The molecule has 214 valence electrons. The number of carbonyl (C=O) groups excluding carboxylic acids is 2. The fourth-order valence-corrected chi connectivity index (χ4v) is 5.39. The fraction of sp³-hybridized carbons (Fsp3) is 0.483. The average Bonchev–Trinajstić information content (AvgIpc) is 3.53. The summed E-state index contributed by atoms with van der Waals surface area (Å²) in [5.74, 6) is 1.52. The summed E-state index contributed by atoms with van der Waals surface area (Å²) in [6.45, 7) is 3.40. The monoisotopic (exact) mass is 551 g/mol. The molecule has 0 spiro atoms. The summed E-state index contributed by atoms with van der Waals surface area (Å²) in [6, 6.07) is 13.3. The Morgan fingerprint density at radius 3 is 2.73 bits per heavy atom. The SMILES string of the molecule is COc1ccc(CNc2nc3ccccc3n2[C@@H]2O[C@H](CO)CC2=O)cc1OCCCN1CCC(C(N)=O)CC1. The Balaban J connectivity index is 1.22. The van der Waals surface area contributed by atoms with Crippen molar-refractivity contribution < 1.29 is 28.9 Å². The van der Waals surface area contributed by atoms with E-state index in [1.807, 2.05) is 42.5 Å². The topological polar surface area (TPSA) is 141 Å². The van der Waals surface area contributed by atoms with Gasteiger partial charge in [0, 0.05) is 25.4 Å². The number of ether oxygens (including phenoxy) is 3. The van der Waals surface area contributed by atoms with E-state index in [0.717, 1.165) is 55.5 Å². The maximum absolute atomic E-state index is 12.7. The van der Waals surface area contributed by atoms with Gasteiger partial charge in [-0.25, -0.2) is 4.98 Å². The number of anilines is 1. The number of aliphatic hydroxyl groups is 1.